The first-order valence-corrected chi connectivity index (χ1v) is 11.7. The van der Waals surface area contributed by atoms with E-state index in [1.54, 1.807) is 16.8 Å². The molecule has 0 N–H and O–H groups in total. The zero-order chi connectivity index (χ0) is 26.0. The van der Waals surface area contributed by atoms with Crippen molar-refractivity contribution in [3.8, 4) is 5.75 Å². The maximum Gasteiger partial charge on any atom is 0.573 e. The molecule has 2 aromatic rings. The minimum absolute atomic E-state index is 0.0131. The van der Waals surface area contributed by atoms with Gasteiger partial charge >= 0.3 is 12.3 Å². The van der Waals surface area contributed by atoms with Crippen LogP contribution < -0.4 is 9.64 Å². The molecule has 0 radical (unpaired) electrons. The Bertz CT molecular complexity index is 1140. The van der Waals surface area contributed by atoms with Crippen LogP contribution in [0.5, 0.6) is 5.75 Å². The zero-order valence-electron chi connectivity index (χ0n) is 20.0. The monoisotopic (exact) mass is 504 g/mol. The fourth-order valence-corrected chi connectivity index (χ4v) is 5.36. The number of carbonyl (C=O) groups is 3. The Balaban J connectivity index is 1.64. The topological polar surface area (TPSA) is 76.2 Å². The molecule has 2 amide bonds. The van der Waals surface area contributed by atoms with Gasteiger partial charge in [-0.3, -0.25) is 14.4 Å². The average Bonchev–Trinajstić information content (AvgIpc) is 3.33. The predicted octanol–water partition coefficient (Wildman–Crippen LogP) is 4.87. The van der Waals surface area contributed by atoms with Gasteiger partial charge in [-0.05, 0) is 48.7 Å². The third-order valence-corrected chi connectivity index (χ3v) is 6.92. The lowest BCUT2D eigenvalue weighted by atomic mass is 9.81. The smallest absolute Gasteiger partial charge is 0.469 e. The highest BCUT2D eigenvalue weighted by Crippen LogP contribution is 2.50. The summed E-state index contributed by atoms with van der Waals surface area (Å²) in [7, 11) is 2.99. The number of fused-ring (bicyclic) bond motifs is 2. The van der Waals surface area contributed by atoms with Gasteiger partial charge in [0.1, 0.15) is 5.75 Å². The largest absolute Gasteiger partial charge is 0.573 e. The molecule has 2 aliphatic rings. The number of para-hydroxylation sites is 1. The van der Waals surface area contributed by atoms with Crippen LogP contribution in [-0.4, -0.2) is 49.2 Å². The number of carbonyl (C=O) groups excluding carboxylic acids is 3. The van der Waals surface area contributed by atoms with Gasteiger partial charge in [0, 0.05) is 36.7 Å². The van der Waals surface area contributed by atoms with Crippen molar-refractivity contribution in [1.29, 1.82) is 0 Å². The van der Waals surface area contributed by atoms with Gasteiger partial charge < -0.3 is 19.3 Å². The van der Waals surface area contributed by atoms with Crippen LogP contribution in [0.15, 0.2) is 48.5 Å². The Hall–Kier alpha value is -3.56. The van der Waals surface area contributed by atoms with Gasteiger partial charge in [0.05, 0.1) is 19.6 Å². The molecule has 0 saturated heterocycles. The van der Waals surface area contributed by atoms with Crippen molar-refractivity contribution in [3.63, 3.8) is 0 Å². The predicted molar refractivity (Wildman–Crippen MR) is 124 cm³/mol. The standard InChI is InChI=1S/C26H27F3N2O5/c1-30(22(32)14-15-23(33)35-2)24-18-6-3-4-8-20(18)31(21-9-5-7-19(21)24)25(34)16-10-12-17(13-11-16)36-26(27,28)29/h3-4,6,8,10-13,19,21,24H,5,7,9,14-15H2,1-2H3. The molecule has 2 aromatic carbocycles. The molecule has 192 valence electrons. The van der Waals surface area contributed by atoms with E-state index in [4.69, 9.17) is 0 Å². The highest BCUT2D eigenvalue weighted by atomic mass is 19.4. The molecule has 4 rings (SSSR count). The maximum atomic E-state index is 13.7. The van der Waals surface area contributed by atoms with Crippen molar-refractivity contribution in [1.82, 2.24) is 4.90 Å². The van der Waals surface area contributed by atoms with Gasteiger partial charge in [-0.2, -0.15) is 0 Å². The summed E-state index contributed by atoms with van der Waals surface area (Å²) >= 11 is 0. The minimum Gasteiger partial charge on any atom is -0.469 e. The molecule has 0 bridgehead atoms. The number of anilines is 1. The van der Waals surface area contributed by atoms with E-state index >= 15 is 0 Å². The van der Waals surface area contributed by atoms with Crippen LogP contribution in [-0.2, 0) is 14.3 Å². The molecular formula is C26H27F3N2O5. The van der Waals surface area contributed by atoms with Crippen molar-refractivity contribution in [2.75, 3.05) is 19.1 Å². The number of methoxy groups -OCH3 is 1. The number of amides is 2. The minimum atomic E-state index is -4.82. The fourth-order valence-electron chi connectivity index (χ4n) is 5.36. The third kappa shape index (κ3) is 5.17. The number of rotatable bonds is 6. The number of nitrogens with zero attached hydrogens (tertiary/aromatic N) is 2. The molecule has 3 atom stereocenters. The Morgan fingerprint density at radius 2 is 1.72 bits per heavy atom. The summed E-state index contributed by atoms with van der Waals surface area (Å²) in [6, 6.07) is 11.8. The van der Waals surface area contributed by atoms with Crippen LogP contribution in [0, 0.1) is 5.92 Å². The van der Waals surface area contributed by atoms with Crippen molar-refractivity contribution >= 4 is 23.5 Å². The second-order valence-corrected chi connectivity index (χ2v) is 8.99. The molecule has 1 saturated carbocycles. The zero-order valence-corrected chi connectivity index (χ0v) is 20.0. The van der Waals surface area contributed by atoms with Gasteiger partial charge in [0.15, 0.2) is 0 Å². The number of halogens is 3. The lowest BCUT2D eigenvalue weighted by Gasteiger charge is -2.46. The molecule has 7 nitrogen and oxygen atoms in total. The Labute approximate surface area is 206 Å². The summed E-state index contributed by atoms with van der Waals surface area (Å²) in [5.74, 6) is -1.39. The summed E-state index contributed by atoms with van der Waals surface area (Å²) in [5, 5.41) is 0. The molecule has 1 aliphatic carbocycles. The number of hydrogen-bond donors (Lipinski definition) is 0. The average molecular weight is 505 g/mol. The Kier molecular flexibility index (Phi) is 7.23. The second-order valence-electron chi connectivity index (χ2n) is 8.99. The fraction of sp³-hybridized carbons (Fsp3) is 0.423. The second kappa shape index (κ2) is 10.2. The molecule has 1 fully saturated rings. The Morgan fingerprint density at radius 1 is 1.03 bits per heavy atom. The van der Waals surface area contributed by atoms with E-state index in [2.05, 4.69) is 9.47 Å². The first kappa shape index (κ1) is 25.5. The number of ether oxygens (including phenoxy) is 2. The van der Waals surface area contributed by atoms with Gasteiger partial charge in [-0.15, -0.1) is 13.2 Å². The van der Waals surface area contributed by atoms with Gasteiger partial charge in [0.25, 0.3) is 5.91 Å². The lowest BCUT2D eigenvalue weighted by Crippen LogP contribution is -2.51. The lowest BCUT2D eigenvalue weighted by molar-refractivity contribution is -0.274. The van der Waals surface area contributed by atoms with E-state index in [0.717, 1.165) is 37.0 Å². The van der Waals surface area contributed by atoms with Crippen molar-refractivity contribution in [3.05, 3.63) is 59.7 Å². The number of alkyl halides is 3. The molecule has 1 aliphatic heterocycles. The van der Waals surface area contributed by atoms with E-state index in [9.17, 15) is 27.6 Å². The molecule has 10 heteroatoms. The van der Waals surface area contributed by atoms with Crippen LogP contribution in [0.2, 0.25) is 0 Å². The first-order valence-electron chi connectivity index (χ1n) is 11.7. The summed E-state index contributed by atoms with van der Waals surface area (Å²) < 4.78 is 46.1. The van der Waals surface area contributed by atoms with Crippen molar-refractivity contribution < 1.29 is 37.0 Å². The van der Waals surface area contributed by atoms with E-state index in [-0.39, 0.29) is 48.2 Å². The first-order chi connectivity index (χ1) is 17.1. The highest BCUT2D eigenvalue weighted by Gasteiger charge is 2.48. The third-order valence-electron chi connectivity index (χ3n) is 6.92. The summed E-state index contributed by atoms with van der Waals surface area (Å²) in [6.07, 6.45) is -2.40. The summed E-state index contributed by atoms with van der Waals surface area (Å²) in [6.45, 7) is 0. The van der Waals surface area contributed by atoms with Gasteiger partial charge in [-0.25, -0.2) is 0 Å². The molecule has 36 heavy (non-hydrogen) atoms. The number of esters is 1. The van der Waals surface area contributed by atoms with Gasteiger partial charge in [0.2, 0.25) is 5.91 Å². The van der Waals surface area contributed by atoms with Crippen molar-refractivity contribution in [2.45, 2.75) is 50.6 Å². The number of hydrogen-bond acceptors (Lipinski definition) is 5. The molecule has 1 heterocycles. The Morgan fingerprint density at radius 3 is 2.39 bits per heavy atom. The molecule has 0 spiro atoms. The highest BCUT2D eigenvalue weighted by molar-refractivity contribution is 6.07. The summed E-state index contributed by atoms with van der Waals surface area (Å²) in [5.41, 5.74) is 1.73. The quantitative estimate of drug-likeness (QED) is 0.525. The maximum absolute atomic E-state index is 13.7. The van der Waals surface area contributed by atoms with Crippen LogP contribution >= 0.6 is 0 Å². The van der Waals surface area contributed by atoms with E-state index in [1.165, 1.54) is 19.2 Å². The SMILES string of the molecule is COC(=O)CCC(=O)N(C)C1c2ccccc2N(C(=O)c2ccc(OC(F)(F)F)cc2)C2CCCC12. The van der Waals surface area contributed by atoms with Crippen LogP contribution in [0.25, 0.3) is 0 Å². The van der Waals surface area contributed by atoms with E-state index in [1.807, 2.05) is 24.3 Å². The summed E-state index contributed by atoms with van der Waals surface area (Å²) in [4.78, 5) is 41.5. The van der Waals surface area contributed by atoms with Crippen LogP contribution in [0.3, 0.4) is 0 Å². The van der Waals surface area contributed by atoms with E-state index in [0.29, 0.717) is 5.69 Å². The van der Waals surface area contributed by atoms with Crippen molar-refractivity contribution in [2.24, 2.45) is 5.92 Å². The molecular weight excluding hydrogens is 477 g/mol. The molecule has 0 aromatic heterocycles. The van der Waals surface area contributed by atoms with Crippen LogP contribution in [0.1, 0.15) is 54.1 Å². The number of benzene rings is 2. The van der Waals surface area contributed by atoms with Gasteiger partial charge in [-0.1, -0.05) is 24.6 Å². The van der Waals surface area contributed by atoms with Crippen LogP contribution in [0.4, 0.5) is 18.9 Å². The normalized spacial score (nSPS) is 20.8. The molecule has 3 unspecified atom stereocenters. The van der Waals surface area contributed by atoms with E-state index < -0.39 is 18.1 Å².